The lowest BCUT2D eigenvalue weighted by atomic mass is 10.1. The molecule has 0 radical (unpaired) electrons. The van der Waals surface area contributed by atoms with E-state index in [9.17, 15) is 4.79 Å². The molecule has 3 rings (SSSR count). The van der Waals surface area contributed by atoms with Gasteiger partial charge >= 0.3 is 0 Å². The maximum atomic E-state index is 12.5. The number of benzene rings is 1. The Kier molecular flexibility index (Phi) is 4.66. The highest BCUT2D eigenvalue weighted by molar-refractivity contribution is 5.90. The summed E-state index contributed by atoms with van der Waals surface area (Å²) in [5.41, 5.74) is 1.34. The van der Waals surface area contributed by atoms with E-state index >= 15 is 0 Å². The van der Waals surface area contributed by atoms with E-state index in [2.05, 4.69) is 16.8 Å². The Morgan fingerprint density at radius 3 is 2.50 bits per heavy atom. The van der Waals surface area contributed by atoms with Gasteiger partial charge in [-0.2, -0.15) is 0 Å². The predicted molar refractivity (Wildman–Crippen MR) is 93.3 cm³/mol. The van der Waals surface area contributed by atoms with E-state index in [-0.39, 0.29) is 5.56 Å². The SMILES string of the molecule is COc1cc2[nH]c(=O)c(CN3CCC[C@H]3C)cc2c(OC)c1OC. The molecule has 1 aliphatic rings. The van der Waals surface area contributed by atoms with Gasteiger partial charge in [0.15, 0.2) is 11.5 Å². The first-order chi connectivity index (χ1) is 11.6. The smallest absolute Gasteiger partial charge is 0.252 e. The van der Waals surface area contributed by atoms with Gasteiger partial charge in [0.25, 0.3) is 5.56 Å². The molecule has 130 valence electrons. The summed E-state index contributed by atoms with van der Waals surface area (Å²) in [6.07, 6.45) is 2.36. The van der Waals surface area contributed by atoms with Crippen molar-refractivity contribution in [3.63, 3.8) is 0 Å². The standard InChI is InChI=1S/C18H24N2O4/c1-11-6-5-7-20(11)10-12-8-13-14(19-18(12)21)9-15(22-2)17(24-4)16(13)23-3/h8-9,11H,5-7,10H2,1-4H3,(H,19,21)/t11-/m1/s1. The highest BCUT2D eigenvalue weighted by Crippen LogP contribution is 2.42. The molecule has 1 fully saturated rings. The number of fused-ring (bicyclic) bond motifs is 1. The normalized spacial score (nSPS) is 18.1. The number of hydrogen-bond acceptors (Lipinski definition) is 5. The minimum atomic E-state index is -0.0733. The molecule has 0 spiro atoms. The molecule has 1 aromatic carbocycles. The average molecular weight is 332 g/mol. The zero-order chi connectivity index (χ0) is 17.3. The van der Waals surface area contributed by atoms with Crippen molar-refractivity contribution in [2.75, 3.05) is 27.9 Å². The van der Waals surface area contributed by atoms with Crippen molar-refractivity contribution < 1.29 is 14.2 Å². The Hall–Kier alpha value is -2.21. The van der Waals surface area contributed by atoms with Gasteiger partial charge in [0, 0.05) is 29.6 Å². The molecule has 1 N–H and O–H groups in total. The van der Waals surface area contributed by atoms with Gasteiger partial charge in [0.1, 0.15) is 0 Å². The van der Waals surface area contributed by atoms with E-state index in [1.807, 2.05) is 6.07 Å². The van der Waals surface area contributed by atoms with Crippen molar-refractivity contribution in [3.8, 4) is 17.2 Å². The zero-order valence-corrected chi connectivity index (χ0v) is 14.6. The van der Waals surface area contributed by atoms with Crippen molar-refractivity contribution >= 4 is 10.9 Å². The fourth-order valence-electron chi connectivity index (χ4n) is 3.43. The van der Waals surface area contributed by atoms with Crippen LogP contribution in [0.1, 0.15) is 25.3 Å². The number of H-pyrrole nitrogens is 1. The Bertz CT molecular complexity index is 800. The van der Waals surface area contributed by atoms with Crippen LogP contribution in [-0.4, -0.2) is 43.8 Å². The topological polar surface area (TPSA) is 63.8 Å². The van der Waals surface area contributed by atoms with E-state index in [0.717, 1.165) is 17.5 Å². The fourth-order valence-corrected chi connectivity index (χ4v) is 3.43. The van der Waals surface area contributed by atoms with Crippen molar-refractivity contribution in [2.45, 2.75) is 32.4 Å². The molecule has 2 aromatic rings. The molecule has 1 aromatic heterocycles. The fraction of sp³-hybridized carbons (Fsp3) is 0.500. The molecule has 0 amide bonds. The van der Waals surface area contributed by atoms with Crippen LogP contribution < -0.4 is 19.8 Å². The first-order valence-electron chi connectivity index (χ1n) is 8.18. The molecule has 1 saturated heterocycles. The molecule has 6 heteroatoms. The number of nitrogens with zero attached hydrogens (tertiary/aromatic N) is 1. The highest BCUT2D eigenvalue weighted by atomic mass is 16.5. The number of rotatable bonds is 5. The number of pyridine rings is 1. The van der Waals surface area contributed by atoms with Gasteiger partial charge in [-0.05, 0) is 32.4 Å². The summed E-state index contributed by atoms with van der Waals surface area (Å²) < 4.78 is 16.3. The van der Waals surface area contributed by atoms with Crippen LogP contribution in [-0.2, 0) is 6.54 Å². The summed E-state index contributed by atoms with van der Waals surface area (Å²) >= 11 is 0. The van der Waals surface area contributed by atoms with E-state index in [0.29, 0.717) is 35.4 Å². The minimum absolute atomic E-state index is 0.0733. The van der Waals surface area contributed by atoms with Crippen LogP contribution in [0.25, 0.3) is 10.9 Å². The van der Waals surface area contributed by atoms with E-state index < -0.39 is 0 Å². The second-order valence-electron chi connectivity index (χ2n) is 6.19. The second kappa shape index (κ2) is 6.73. The van der Waals surface area contributed by atoms with Crippen LogP contribution in [0.3, 0.4) is 0 Å². The number of aromatic nitrogens is 1. The maximum absolute atomic E-state index is 12.5. The van der Waals surface area contributed by atoms with Gasteiger partial charge in [-0.1, -0.05) is 0 Å². The number of hydrogen-bond donors (Lipinski definition) is 1. The van der Waals surface area contributed by atoms with Crippen LogP contribution in [0, 0.1) is 0 Å². The number of methoxy groups -OCH3 is 3. The Balaban J connectivity index is 2.13. The molecule has 6 nitrogen and oxygen atoms in total. The first kappa shape index (κ1) is 16.6. The molecule has 0 aliphatic carbocycles. The summed E-state index contributed by atoms with van der Waals surface area (Å²) in [5.74, 6) is 1.62. The second-order valence-corrected chi connectivity index (χ2v) is 6.19. The van der Waals surface area contributed by atoms with Crippen molar-refractivity contribution in [3.05, 3.63) is 28.0 Å². The number of nitrogens with one attached hydrogen (secondary N) is 1. The van der Waals surface area contributed by atoms with Gasteiger partial charge < -0.3 is 19.2 Å². The van der Waals surface area contributed by atoms with Crippen LogP contribution in [0.4, 0.5) is 0 Å². The van der Waals surface area contributed by atoms with Gasteiger partial charge in [0.2, 0.25) is 5.75 Å². The summed E-state index contributed by atoms with van der Waals surface area (Å²) in [7, 11) is 4.72. The van der Waals surface area contributed by atoms with E-state index in [4.69, 9.17) is 14.2 Å². The zero-order valence-electron chi connectivity index (χ0n) is 14.6. The summed E-state index contributed by atoms with van der Waals surface area (Å²) in [6, 6.07) is 4.17. The third-order valence-corrected chi connectivity index (χ3v) is 4.79. The molecule has 0 unspecified atom stereocenters. The molecule has 0 bridgehead atoms. The highest BCUT2D eigenvalue weighted by Gasteiger charge is 2.22. The van der Waals surface area contributed by atoms with Crippen molar-refractivity contribution in [2.24, 2.45) is 0 Å². The summed E-state index contributed by atoms with van der Waals surface area (Å²) in [5, 5.41) is 0.816. The number of aromatic amines is 1. The van der Waals surface area contributed by atoms with E-state index in [1.54, 1.807) is 27.4 Å². The summed E-state index contributed by atoms with van der Waals surface area (Å²) in [6.45, 7) is 3.88. The third-order valence-electron chi connectivity index (χ3n) is 4.79. The molecular formula is C18H24N2O4. The molecule has 24 heavy (non-hydrogen) atoms. The largest absolute Gasteiger partial charge is 0.493 e. The van der Waals surface area contributed by atoms with E-state index in [1.165, 1.54) is 12.8 Å². The molecule has 1 atom stereocenters. The molecule has 2 heterocycles. The lowest BCUT2D eigenvalue weighted by Crippen LogP contribution is -2.29. The average Bonchev–Trinajstić information content (AvgIpc) is 2.98. The van der Waals surface area contributed by atoms with Gasteiger partial charge in [-0.3, -0.25) is 9.69 Å². The van der Waals surface area contributed by atoms with Gasteiger partial charge in [-0.15, -0.1) is 0 Å². The quantitative estimate of drug-likeness (QED) is 0.911. The van der Waals surface area contributed by atoms with Crippen LogP contribution in [0.5, 0.6) is 17.2 Å². The van der Waals surface area contributed by atoms with Gasteiger partial charge in [0.05, 0.1) is 26.8 Å². The monoisotopic (exact) mass is 332 g/mol. The Morgan fingerprint density at radius 1 is 1.17 bits per heavy atom. The third kappa shape index (κ3) is 2.82. The van der Waals surface area contributed by atoms with Gasteiger partial charge in [-0.25, -0.2) is 0 Å². The van der Waals surface area contributed by atoms with Crippen molar-refractivity contribution in [1.82, 2.24) is 9.88 Å². The lowest BCUT2D eigenvalue weighted by molar-refractivity contribution is 0.259. The minimum Gasteiger partial charge on any atom is -0.493 e. The predicted octanol–water partition coefficient (Wildman–Crippen LogP) is 2.54. The van der Waals surface area contributed by atoms with Crippen LogP contribution in [0.15, 0.2) is 16.9 Å². The molecule has 1 aliphatic heterocycles. The summed E-state index contributed by atoms with van der Waals surface area (Å²) in [4.78, 5) is 17.8. The lowest BCUT2D eigenvalue weighted by Gasteiger charge is -2.21. The van der Waals surface area contributed by atoms with Crippen LogP contribution >= 0.6 is 0 Å². The molecular weight excluding hydrogens is 308 g/mol. The van der Waals surface area contributed by atoms with Crippen molar-refractivity contribution in [1.29, 1.82) is 0 Å². The number of likely N-dealkylation sites (tertiary alicyclic amines) is 1. The molecule has 0 saturated carbocycles. The maximum Gasteiger partial charge on any atom is 0.252 e. The Labute approximate surface area is 141 Å². The first-order valence-corrected chi connectivity index (χ1v) is 8.18. The van der Waals surface area contributed by atoms with Crippen LogP contribution in [0.2, 0.25) is 0 Å². The number of ether oxygens (including phenoxy) is 3. The Morgan fingerprint density at radius 2 is 1.92 bits per heavy atom.